The monoisotopic (exact) mass is 586 g/mol. The maximum atomic E-state index is 15.5. The zero-order valence-corrected chi connectivity index (χ0v) is 23.5. The van der Waals surface area contributed by atoms with E-state index >= 15 is 4.39 Å². The molecule has 1 saturated carbocycles. The van der Waals surface area contributed by atoms with Crippen molar-refractivity contribution in [3.8, 4) is 23.5 Å². The highest BCUT2D eigenvalue weighted by molar-refractivity contribution is 6.04. The molecule has 0 spiro atoms. The van der Waals surface area contributed by atoms with E-state index in [9.17, 15) is 22.8 Å². The number of anilines is 1. The number of carbonyl (C=O) groups excluding carboxylic acids is 2. The number of methoxy groups -OCH3 is 1. The highest BCUT2D eigenvalue weighted by Crippen LogP contribution is 2.40. The number of benzene rings is 1. The Labute approximate surface area is 240 Å². The molecule has 4 rings (SSSR count). The molecular formula is C31H30F4N2O5. The number of carbonyl (C=O) groups is 2. The number of ether oxygens (including phenoxy) is 2. The van der Waals surface area contributed by atoms with Crippen molar-refractivity contribution in [1.29, 1.82) is 0 Å². The van der Waals surface area contributed by atoms with Crippen molar-refractivity contribution in [3.63, 3.8) is 0 Å². The molecule has 7 nitrogen and oxygen atoms in total. The van der Waals surface area contributed by atoms with E-state index in [2.05, 4.69) is 23.7 Å². The van der Waals surface area contributed by atoms with Crippen LogP contribution >= 0.6 is 0 Å². The van der Waals surface area contributed by atoms with Crippen LogP contribution in [0.5, 0.6) is 11.6 Å². The molecule has 0 aliphatic heterocycles. The van der Waals surface area contributed by atoms with Crippen molar-refractivity contribution in [1.82, 2.24) is 4.98 Å². The lowest BCUT2D eigenvalue weighted by atomic mass is 9.82. The van der Waals surface area contributed by atoms with Crippen LogP contribution in [0, 0.1) is 29.5 Å². The van der Waals surface area contributed by atoms with Crippen LogP contribution in [-0.2, 0) is 15.7 Å². The SMILES string of the molecule is COC(=O)c1cc(Oc2ncc(C#Cc3ccoc3)cc2C(F)(F)F)c(F)cc1N(C(=O)C1CCC(C)CC1)C(C)C. The topological polar surface area (TPSA) is 81.9 Å². The van der Waals surface area contributed by atoms with E-state index in [0.29, 0.717) is 24.3 Å². The van der Waals surface area contributed by atoms with Gasteiger partial charge in [-0.05, 0) is 57.6 Å². The fraction of sp³-hybridized carbons (Fsp3) is 0.387. The Morgan fingerprint density at radius 1 is 1.10 bits per heavy atom. The summed E-state index contributed by atoms with van der Waals surface area (Å²) in [7, 11) is 1.10. The summed E-state index contributed by atoms with van der Waals surface area (Å²) in [6.45, 7) is 5.57. The fourth-order valence-corrected chi connectivity index (χ4v) is 4.84. The molecule has 0 unspecified atom stereocenters. The van der Waals surface area contributed by atoms with E-state index in [1.54, 1.807) is 13.8 Å². The van der Waals surface area contributed by atoms with E-state index in [1.807, 2.05) is 0 Å². The van der Waals surface area contributed by atoms with Gasteiger partial charge in [0.1, 0.15) is 11.8 Å². The molecule has 1 aromatic carbocycles. The van der Waals surface area contributed by atoms with Gasteiger partial charge in [0, 0.05) is 35.9 Å². The normalized spacial score (nSPS) is 16.9. The van der Waals surface area contributed by atoms with Gasteiger partial charge in [0.2, 0.25) is 11.8 Å². The van der Waals surface area contributed by atoms with E-state index < -0.39 is 41.2 Å². The van der Waals surface area contributed by atoms with Crippen LogP contribution in [0.3, 0.4) is 0 Å². The second-order valence-electron chi connectivity index (χ2n) is 10.5. The Balaban J connectivity index is 1.73. The molecule has 222 valence electrons. The Kier molecular flexibility index (Phi) is 9.24. The minimum Gasteiger partial charge on any atom is -0.471 e. The second kappa shape index (κ2) is 12.7. The smallest absolute Gasteiger partial charge is 0.421 e. The maximum Gasteiger partial charge on any atom is 0.421 e. The molecule has 0 atom stereocenters. The number of hydrogen-bond acceptors (Lipinski definition) is 6. The first-order chi connectivity index (χ1) is 19.9. The lowest BCUT2D eigenvalue weighted by Crippen LogP contribution is -2.43. The molecule has 0 saturated heterocycles. The van der Waals surface area contributed by atoms with Gasteiger partial charge in [0.25, 0.3) is 0 Å². The van der Waals surface area contributed by atoms with Gasteiger partial charge < -0.3 is 18.8 Å². The Morgan fingerprint density at radius 2 is 1.79 bits per heavy atom. The summed E-state index contributed by atoms with van der Waals surface area (Å²) in [5.74, 6) is 1.50. The first kappa shape index (κ1) is 30.6. The zero-order chi connectivity index (χ0) is 30.6. The van der Waals surface area contributed by atoms with Crippen LogP contribution in [0.25, 0.3) is 0 Å². The Morgan fingerprint density at radius 3 is 2.38 bits per heavy atom. The molecule has 42 heavy (non-hydrogen) atoms. The third-order valence-corrected chi connectivity index (χ3v) is 7.07. The van der Waals surface area contributed by atoms with Crippen molar-refractivity contribution >= 4 is 17.6 Å². The summed E-state index contributed by atoms with van der Waals surface area (Å²) < 4.78 is 72.4. The third-order valence-electron chi connectivity index (χ3n) is 7.07. The van der Waals surface area contributed by atoms with E-state index in [4.69, 9.17) is 13.9 Å². The lowest BCUT2D eigenvalue weighted by molar-refractivity contribution is -0.139. The van der Waals surface area contributed by atoms with Gasteiger partial charge in [-0.15, -0.1) is 0 Å². The third kappa shape index (κ3) is 6.93. The molecule has 11 heteroatoms. The van der Waals surface area contributed by atoms with Crippen LogP contribution in [0.15, 0.2) is 47.4 Å². The van der Waals surface area contributed by atoms with Gasteiger partial charge in [-0.3, -0.25) is 4.79 Å². The average Bonchev–Trinajstić information content (AvgIpc) is 3.47. The van der Waals surface area contributed by atoms with Crippen molar-refractivity contribution < 1.29 is 41.0 Å². The summed E-state index contributed by atoms with van der Waals surface area (Å²) in [6.07, 6.45) is 1.90. The largest absolute Gasteiger partial charge is 0.471 e. The van der Waals surface area contributed by atoms with Gasteiger partial charge in [0.05, 0.1) is 30.2 Å². The number of furan rings is 1. The molecule has 2 heterocycles. The second-order valence-corrected chi connectivity index (χ2v) is 10.5. The minimum absolute atomic E-state index is 0.0563. The predicted molar refractivity (Wildman–Crippen MR) is 145 cm³/mol. The number of pyridine rings is 1. The standard InChI is InChI=1S/C31H30F4N2O5/c1-18(2)37(29(38)22-9-5-19(3)6-10-22)26-15-25(32)27(14-23(26)30(39)40-4)42-28-24(31(33,34)35)13-21(16-36-28)8-7-20-11-12-41-17-20/h11-19,22H,5-6,9-10H2,1-4H3. The summed E-state index contributed by atoms with van der Waals surface area (Å²) >= 11 is 0. The number of rotatable bonds is 6. The van der Waals surface area contributed by atoms with E-state index in [-0.39, 0.29) is 28.6 Å². The fourth-order valence-electron chi connectivity index (χ4n) is 4.84. The van der Waals surface area contributed by atoms with Gasteiger partial charge in [-0.1, -0.05) is 18.8 Å². The summed E-state index contributed by atoms with van der Waals surface area (Å²) in [5.41, 5.74) is -1.20. The van der Waals surface area contributed by atoms with Crippen molar-refractivity contribution in [2.75, 3.05) is 12.0 Å². The molecule has 0 N–H and O–H groups in total. The Hall–Kier alpha value is -4.33. The number of aromatic nitrogens is 1. The average molecular weight is 587 g/mol. The highest BCUT2D eigenvalue weighted by atomic mass is 19.4. The zero-order valence-electron chi connectivity index (χ0n) is 23.5. The van der Waals surface area contributed by atoms with E-state index in [1.165, 1.54) is 23.5 Å². The minimum atomic E-state index is -4.92. The van der Waals surface area contributed by atoms with Crippen LogP contribution in [-0.4, -0.2) is 30.0 Å². The molecule has 1 fully saturated rings. The number of amides is 1. The molecule has 1 amide bonds. The number of alkyl halides is 3. The van der Waals surface area contributed by atoms with Crippen molar-refractivity contribution in [3.05, 3.63) is 71.1 Å². The van der Waals surface area contributed by atoms with Crippen molar-refractivity contribution in [2.45, 2.75) is 58.7 Å². The Bertz CT molecular complexity index is 1500. The van der Waals surface area contributed by atoms with Gasteiger partial charge >= 0.3 is 12.1 Å². The number of nitrogens with zero attached hydrogens (tertiary/aromatic N) is 2. The number of halogens is 4. The number of hydrogen-bond donors (Lipinski definition) is 0. The lowest BCUT2D eigenvalue weighted by Gasteiger charge is -2.34. The highest BCUT2D eigenvalue weighted by Gasteiger charge is 2.37. The van der Waals surface area contributed by atoms with E-state index in [0.717, 1.165) is 44.3 Å². The van der Waals surface area contributed by atoms with Gasteiger partial charge in [-0.25, -0.2) is 14.2 Å². The van der Waals surface area contributed by atoms with Gasteiger partial charge in [0.15, 0.2) is 11.6 Å². The number of esters is 1. The molecule has 1 aliphatic rings. The van der Waals surface area contributed by atoms with Crippen LogP contribution in [0.1, 0.15) is 73.5 Å². The van der Waals surface area contributed by atoms with Gasteiger partial charge in [-0.2, -0.15) is 13.2 Å². The molecule has 0 bridgehead atoms. The quantitative estimate of drug-likeness (QED) is 0.170. The molecule has 0 radical (unpaired) electrons. The van der Waals surface area contributed by atoms with Crippen molar-refractivity contribution in [2.24, 2.45) is 11.8 Å². The first-order valence-corrected chi connectivity index (χ1v) is 13.4. The van der Waals surface area contributed by atoms with Crippen LogP contribution in [0.4, 0.5) is 23.2 Å². The summed E-state index contributed by atoms with van der Waals surface area (Å²) in [6, 6.07) is 3.64. The molecule has 2 aromatic heterocycles. The van der Waals surface area contributed by atoms with Crippen LogP contribution in [0.2, 0.25) is 0 Å². The summed E-state index contributed by atoms with van der Waals surface area (Å²) in [4.78, 5) is 31.5. The molecule has 1 aliphatic carbocycles. The molecule has 3 aromatic rings. The summed E-state index contributed by atoms with van der Waals surface area (Å²) in [5, 5.41) is 0. The first-order valence-electron chi connectivity index (χ1n) is 13.4. The van der Waals surface area contributed by atoms with Crippen LogP contribution < -0.4 is 9.64 Å². The molecular weight excluding hydrogens is 556 g/mol. The maximum absolute atomic E-state index is 15.5. The predicted octanol–water partition coefficient (Wildman–Crippen LogP) is 7.38.